The van der Waals surface area contributed by atoms with Crippen LogP contribution in [0.4, 0.5) is 0 Å². The van der Waals surface area contributed by atoms with Crippen LogP contribution < -0.4 is 0 Å². The first-order valence-corrected chi connectivity index (χ1v) is 4.94. The van der Waals surface area contributed by atoms with Crippen molar-refractivity contribution in [2.75, 3.05) is 13.2 Å². The standard InChI is InChI=1S/C13H14O2/c1-2-3-4-11-5-7-12(8-6-11)13-14-9-10-15-13/h2-8,13H,1,9-10H2/b4-3+/i4D. The van der Waals surface area contributed by atoms with Crippen molar-refractivity contribution in [3.8, 4) is 0 Å². The maximum Gasteiger partial charge on any atom is 0.184 e. The monoisotopic (exact) mass is 203 g/mol. The molecule has 0 amide bonds. The van der Waals surface area contributed by atoms with E-state index in [-0.39, 0.29) is 6.29 Å². The zero-order chi connectivity index (χ0) is 11.4. The van der Waals surface area contributed by atoms with Crippen molar-refractivity contribution < 1.29 is 10.8 Å². The van der Waals surface area contributed by atoms with E-state index in [2.05, 4.69) is 6.58 Å². The Kier molecular flexibility index (Phi) is 2.91. The molecule has 15 heavy (non-hydrogen) atoms. The maximum absolute atomic E-state index is 7.72. The van der Waals surface area contributed by atoms with Crippen LogP contribution in [0.15, 0.2) is 43.0 Å². The lowest BCUT2D eigenvalue weighted by Gasteiger charge is -2.08. The van der Waals surface area contributed by atoms with Crippen LogP contribution in [0.25, 0.3) is 6.05 Å². The minimum atomic E-state index is -0.244. The maximum atomic E-state index is 7.72. The number of hydrogen-bond donors (Lipinski definition) is 0. The first kappa shape index (κ1) is 8.89. The van der Waals surface area contributed by atoms with E-state index < -0.39 is 0 Å². The quantitative estimate of drug-likeness (QED) is 0.703. The largest absolute Gasteiger partial charge is 0.346 e. The first-order chi connectivity index (χ1) is 7.81. The molecule has 0 N–H and O–H groups in total. The molecular formula is C13H14O2. The van der Waals surface area contributed by atoms with Gasteiger partial charge in [-0.15, -0.1) is 0 Å². The normalized spacial score (nSPS) is 18.9. The molecule has 0 bridgehead atoms. The third-order valence-corrected chi connectivity index (χ3v) is 2.17. The van der Waals surface area contributed by atoms with Gasteiger partial charge in [-0.3, -0.25) is 0 Å². The predicted molar refractivity (Wildman–Crippen MR) is 60.3 cm³/mol. The summed E-state index contributed by atoms with van der Waals surface area (Å²) >= 11 is 0. The Morgan fingerprint density at radius 1 is 1.27 bits per heavy atom. The van der Waals surface area contributed by atoms with Gasteiger partial charge in [-0.1, -0.05) is 49.0 Å². The lowest BCUT2D eigenvalue weighted by molar-refractivity contribution is -0.0441. The Morgan fingerprint density at radius 2 is 1.93 bits per heavy atom. The fourth-order valence-corrected chi connectivity index (χ4v) is 1.44. The minimum Gasteiger partial charge on any atom is -0.346 e. The Hall–Kier alpha value is -1.38. The van der Waals surface area contributed by atoms with E-state index in [1.165, 1.54) is 0 Å². The van der Waals surface area contributed by atoms with E-state index in [1.807, 2.05) is 24.3 Å². The van der Waals surface area contributed by atoms with E-state index >= 15 is 0 Å². The van der Waals surface area contributed by atoms with Crippen LogP contribution in [0.3, 0.4) is 0 Å². The highest BCUT2D eigenvalue weighted by molar-refractivity contribution is 5.51. The number of allylic oxidation sites excluding steroid dienone is 2. The molecule has 0 radical (unpaired) electrons. The van der Waals surface area contributed by atoms with Gasteiger partial charge in [0.2, 0.25) is 0 Å². The molecule has 0 aromatic heterocycles. The highest BCUT2D eigenvalue weighted by atomic mass is 16.7. The van der Waals surface area contributed by atoms with Crippen molar-refractivity contribution in [1.29, 1.82) is 0 Å². The van der Waals surface area contributed by atoms with Crippen molar-refractivity contribution in [1.82, 2.24) is 0 Å². The van der Waals surface area contributed by atoms with Crippen molar-refractivity contribution >= 4 is 6.05 Å². The summed E-state index contributed by atoms with van der Waals surface area (Å²) in [4.78, 5) is 0. The molecule has 0 unspecified atom stereocenters. The average Bonchev–Trinajstić information content (AvgIpc) is 2.83. The molecule has 2 rings (SSSR count). The summed E-state index contributed by atoms with van der Waals surface area (Å²) in [6, 6.07) is 8.09. The van der Waals surface area contributed by atoms with Gasteiger partial charge in [-0.05, 0) is 5.56 Å². The second-order valence-electron chi connectivity index (χ2n) is 3.24. The van der Waals surface area contributed by atoms with Gasteiger partial charge in [-0.25, -0.2) is 0 Å². The lowest BCUT2D eigenvalue weighted by Crippen LogP contribution is -1.97. The van der Waals surface area contributed by atoms with Crippen LogP contribution in [0, 0.1) is 0 Å². The summed E-state index contributed by atoms with van der Waals surface area (Å²) in [6.45, 7) is 4.86. The molecular weight excluding hydrogens is 188 g/mol. The summed E-state index contributed by atoms with van der Waals surface area (Å²) < 4.78 is 18.5. The third kappa shape index (κ3) is 2.55. The molecule has 0 aliphatic carbocycles. The third-order valence-electron chi connectivity index (χ3n) is 2.17. The molecule has 1 aromatic carbocycles. The number of hydrogen-bond acceptors (Lipinski definition) is 2. The molecule has 2 nitrogen and oxygen atoms in total. The zero-order valence-electron chi connectivity index (χ0n) is 9.48. The van der Waals surface area contributed by atoms with E-state index in [0.29, 0.717) is 19.3 Å². The Balaban J connectivity index is 2.15. The summed E-state index contributed by atoms with van der Waals surface area (Å²) in [5, 5.41) is 0. The Bertz CT molecular complexity index is 389. The van der Waals surface area contributed by atoms with Gasteiger partial charge >= 0.3 is 0 Å². The molecule has 0 spiro atoms. The van der Waals surface area contributed by atoms with Crippen molar-refractivity contribution in [3.05, 3.63) is 54.1 Å². The van der Waals surface area contributed by atoms with Crippen LogP contribution in [0.1, 0.15) is 18.8 Å². The molecule has 1 saturated heterocycles. The molecule has 1 aliphatic rings. The van der Waals surface area contributed by atoms with E-state index in [4.69, 9.17) is 10.8 Å². The zero-order valence-corrected chi connectivity index (χ0v) is 8.48. The summed E-state index contributed by atoms with van der Waals surface area (Å²) in [5.74, 6) is 0. The van der Waals surface area contributed by atoms with E-state index in [0.717, 1.165) is 11.1 Å². The lowest BCUT2D eigenvalue weighted by atomic mass is 10.1. The summed E-state index contributed by atoms with van der Waals surface area (Å²) in [5.41, 5.74) is 1.86. The van der Waals surface area contributed by atoms with E-state index in [1.54, 1.807) is 12.2 Å². The number of ether oxygens (including phenoxy) is 2. The van der Waals surface area contributed by atoms with Gasteiger partial charge in [-0.2, -0.15) is 0 Å². The van der Waals surface area contributed by atoms with Crippen LogP contribution in [-0.2, 0) is 9.47 Å². The molecule has 0 saturated carbocycles. The van der Waals surface area contributed by atoms with Gasteiger partial charge in [0.15, 0.2) is 6.29 Å². The second-order valence-corrected chi connectivity index (χ2v) is 3.24. The van der Waals surface area contributed by atoms with Gasteiger partial charge in [0.1, 0.15) is 0 Å². The smallest absolute Gasteiger partial charge is 0.184 e. The molecule has 1 heterocycles. The SMILES string of the molecule is [2H]/C(=C\C=C)c1ccc(C2OCCO2)cc1. The van der Waals surface area contributed by atoms with Crippen molar-refractivity contribution in [2.45, 2.75) is 6.29 Å². The molecule has 1 fully saturated rings. The Morgan fingerprint density at radius 3 is 2.53 bits per heavy atom. The van der Waals surface area contributed by atoms with E-state index in [9.17, 15) is 0 Å². The van der Waals surface area contributed by atoms with Gasteiger partial charge in [0.25, 0.3) is 0 Å². The van der Waals surface area contributed by atoms with Crippen LogP contribution in [-0.4, -0.2) is 13.2 Å². The van der Waals surface area contributed by atoms with Crippen molar-refractivity contribution in [3.63, 3.8) is 0 Å². The van der Waals surface area contributed by atoms with Gasteiger partial charge in [0.05, 0.1) is 14.6 Å². The molecule has 2 heteroatoms. The number of rotatable bonds is 3. The average molecular weight is 203 g/mol. The van der Waals surface area contributed by atoms with Crippen LogP contribution >= 0.6 is 0 Å². The predicted octanol–water partition coefficient (Wildman–Crippen LogP) is 2.93. The first-order valence-electron chi connectivity index (χ1n) is 5.44. The highest BCUT2D eigenvalue weighted by Gasteiger charge is 2.17. The van der Waals surface area contributed by atoms with Gasteiger partial charge < -0.3 is 9.47 Å². The van der Waals surface area contributed by atoms with Crippen LogP contribution in [0.2, 0.25) is 0 Å². The topological polar surface area (TPSA) is 18.5 Å². The fourth-order valence-electron chi connectivity index (χ4n) is 1.44. The van der Waals surface area contributed by atoms with Crippen LogP contribution in [0.5, 0.6) is 0 Å². The molecule has 1 aliphatic heterocycles. The second kappa shape index (κ2) is 4.91. The molecule has 0 atom stereocenters. The molecule has 1 aromatic rings. The summed E-state index contributed by atoms with van der Waals surface area (Å²) in [7, 11) is 0. The molecule has 78 valence electrons. The minimum absolute atomic E-state index is 0.244. The highest BCUT2D eigenvalue weighted by Crippen LogP contribution is 2.23. The Labute approximate surface area is 91.2 Å². The van der Waals surface area contributed by atoms with Gasteiger partial charge in [0, 0.05) is 5.56 Å². The fraction of sp³-hybridized carbons (Fsp3) is 0.231. The summed E-state index contributed by atoms with van der Waals surface area (Å²) in [6.07, 6.45) is 3.03. The van der Waals surface area contributed by atoms with Crippen molar-refractivity contribution in [2.24, 2.45) is 0 Å². The number of benzene rings is 1.